The number of rotatable bonds is 0. The Morgan fingerprint density at radius 2 is 1.68 bits per heavy atom. The minimum absolute atomic E-state index is 0.240. The van der Waals surface area contributed by atoms with Crippen LogP contribution >= 0.6 is 23.1 Å². The SMILES string of the molecule is CC.CC.O=C1Cc2ccccc2Sc2sccc21. The highest BCUT2D eigenvalue weighted by atomic mass is 32.2. The van der Waals surface area contributed by atoms with Crippen LogP contribution in [-0.4, -0.2) is 5.78 Å². The third-order valence-corrected chi connectivity index (χ3v) is 4.72. The van der Waals surface area contributed by atoms with Crippen LogP contribution in [0.3, 0.4) is 0 Å². The van der Waals surface area contributed by atoms with Crippen molar-refractivity contribution < 1.29 is 4.79 Å². The topological polar surface area (TPSA) is 17.1 Å². The van der Waals surface area contributed by atoms with E-state index < -0.39 is 0 Å². The van der Waals surface area contributed by atoms with Gasteiger partial charge in [0.25, 0.3) is 0 Å². The van der Waals surface area contributed by atoms with E-state index in [4.69, 9.17) is 0 Å². The van der Waals surface area contributed by atoms with Gasteiger partial charge in [0.15, 0.2) is 5.78 Å². The quantitative estimate of drug-likeness (QED) is 0.620. The molecule has 2 heterocycles. The maximum absolute atomic E-state index is 11.9. The summed E-state index contributed by atoms with van der Waals surface area (Å²) in [6.07, 6.45) is 0.535. The third-order valence-electron chi connectivity index (χ3n) is 2.46. The molecule has 0 radical (unpaired) electrons. The van der Waals surface area contributed by atoms with Gasteiger partial charge >= 0.3 is 0 Å². The summed E-state index contributed by atoms with van der Waals surface area (Å²) in [7, 11) is 0. The molecule has 102 valence electrons. The zero-order chi connectivity index (χ0) is 14.3. The number of carbonyl (C=O) groups is 1. The number of ketones is 1. The lowest BCUT2D eigenvalue weighted by atomic mass is 10.1. The zero-order valence-electron chi connectivity index (χ0n) is 11.9. The first-order chi connectivity index (χ1) is 9.34. The second kappa shape index (κ2) is 8.18. The number of hydrogen-bond donors (Lipinski definition) is 0. The number of hydrogen-bond acceptors (Lipinski definition) is 3. The molecule has 0 bridgehead atoms. The molecule has 0 fully saturated rings. The van der Waals surface area contributed by atoms with Crippen molar-refractivity contribution in [3.63, 3.8) is 0 Å². The molecule has 0 spiro atoms. The van der Waals surface area contributed by atoms with Crippen molar-refractivity contribution >= 4 is 28.9 Å². The third kappa shape index (κ3) is 3.71. The molecule has 3 rings (SSSR count). The molecule has 0 aliphatic carbocycles. The van der Waals surface area contributed by atoms with Gasteiger partial charge in [0.05, 0.1) is 4.21 Å². The first kappa shape index (κ1) is 16.0. The number of benzene rings is 1. The molecule has 0 saturated heterocycles. The number of Topliss-reactive ketones (excluding diaryl/α,β-unsaturated/α-hetero) is 1. The number of thiophene rings is 1. The van der Waals surface area contributed by atoms with Gasteiger partial charge in [-0.15, -0.1) is 11.3 Å². The molecule has 1 nitrogen and oxygen atoms in total. The first-order valence-corrected chi connectivity index (χ1v) is 8.40. The van der Waals surface area contributed by atoms with Crippen LogP contribution in [0, 0.1) is 0 Å². The molecule has 2 aromatic rings. The molecule has 1 aromatic carbocycles. The van der Waals surface area contributed by atoms with E-state index in [1.807, 2.05) is 57.3 Å². The molecule has 0 atom stereocenters. The fourth-order valence-corrected chi connectivity index (χ4v) is 3.87. The highest BCUT2D eigenvalue weighted by Crippen LogP contribution is 2.39. The molecule has 0 saturated carbocycles. The molecule has 3 heteroatoms. The lowest BCUT2D eigenvalue weighted by Gasteiger charge is -2.01. The summed E-state index contributed by atoms with van der Waals surface area (Å²) in [6.45, 7) is 8.00. The lowest BCUT2D eigenvalue weighted by molar-refractivity contribution is 0.0991. The average Bonchev–Trinajstić information content (AvgIpc) is 2.89. The summed E-state index contributed by atoms with van der Waals surface area (Å²) in [6, 6.07) is 10.1. The van der Waals surface area contributed by atoms with Crippen molar-refractivity contribution in [3.05, 3.63) is 46.8 Å². The highest BCUT2D eigenvalue weighted by Gasteiger charge is 2.20. The fraction of sp³-hybridized carbons (Fsp3) is 0.312. The first-order valence-electron chi connectivity index (χ1n) is 6.71. The van der Waals surface area contributed by atoms with E-state index in [1.165, 1.54) is 4.90 Å². The molecular weight excluding hydrogens is 272 g/mol. The van der Waals surface area contributed by atoms with E-state index in [9.17, 15) is 4.79 Å². The molecule has 0 amide bonds. The van der Waals surface area contributed by atoms with Crippen LogP contribution in [0.2, 0.25) is 0 Å². The molecule has 0 N–H and O–H groups in total. The van der Waals surface area contributed by atoms with Crippen molar-refractivity contribution in [3.8, 4) is 0 Å². The van der Waals surface area contributed by atoms with Crippen molar-refractivity contribution in [1.29, 1.82) is 0 Å². The van der Waals surface area contributed by atoms with E-state index in [0.29, 0.717) is 6.42 Å². The van der Waals surface area contributed by atoms with Gasteiger partial charge in [-0.1, -0.05) is 57.7 Å². The van der Waals surface area contributed by atoms with Crippen LogP contribution in [0.25, 0.3) is 0 Å². The van der Waals surface area contributed by atoms with Gasteiger partial charge in [-0.05, 0) is 23.1 Å². The van der Waals surface area contributed by atoms with Crippen molar-refractivity contribution in [1.82, 2.24) is 0 Å². The van der Waals surface area contributed by atoms with Crippen molar-refractivity contribution in [2.45, 2.75) is 43.2 Å². The Labute approximate surface area is 124 Å². The zero-order valence-corrected chi connectivity index (χ0v) is 13.5. The van der Waals surface area contributed by atoms with E-state index >= 15 is 0 Å². The van der Waals surface area contributed by atoms with Gasteiger partial charge < -0.3 is 0 Å². The van der Waals surface area contributed by atoms with Gasteiger partial charge in [0.2, 0.25) is 0 Å². The van der Waals surface area contributed by atoms with Crippen LogP contribution in [0.4, 0.5) is 0 Å². The maximum Gasteiger partial charge on any atom is 0.169 e. The molecule has 19 heavy (non-hydrogen) atoms. The Morgan fingerprint density at radius 1 is 1.00 bits per heavy atom. The van der Waals surface area contributed by atoms with Gasteiger partial charge in [-0.25, -0.2) is 0 Å². The standard InChI is InChI=1S/C12H8OS2.2C2H6/c13-10-7-8-3-1-2-4-11(8)15-12-9(10)5-6-14-12;2*1-2/h1-6H,7H2;2*1-2H3. The number of fused-ring (bicyclic) bond motifs is 2. The van der Waals surface area contributed by atoms with Gasteiger partial charge in [0.1, 0.15) is 0 Å². The van der Waals surface area contributed by atoms with Gasteiger partial charge in [0, 0.05) is 16.9 Å². The van der Waals surface area contributed by atoms with Crippen LogP contribution in [0.1, 0.15) is 43.6 Å². The summed E-state index contributed by atoms with van der Waals surface area (Å²) in [5, 5.41) is 1.99. The summed E-state index contributed by atoms with van der Waals surface area (Å²) in [5.74, 6) is 0.240. The summed E-state index contributed by atoms with van der Waals surface area (Å²) >= 11 is 3.36. The molecule has 0 unspecified atom stereocenters. The Balaban J connectivity index is 0.000000415. The van der Waals surface area contributed by atoms with E-state index in [0.717, 1.165) is 15.3 Å². The van der Waals surface area contributed by atoms with Gasteiger partial charge in [-0.3, -0.25) is 4.79 Å². The smallest absolute Gasteiger partial charge is 0.169 e. The monoisotopic (exact) mass is 292 g/mol. The minimum Gasteiger partial charge on any atom is -0.294 e. The predicted molar refractivity (Wildman–Crippen MR) is 85.6 cm³/mol. The molecular formula is C16H20OS2. The van der Waals surface area contributed by atoms with E-state index in [1.54, 1.807) is 23.1 Å². The van der Waals surface area contributed by atoms with Gasteiger partial charge in [-0.2, -0.15) is 0 Å². The Morgan fingerprint density at radius 3 is 2.42 bits per heavy atom. The lowest BCUT2D eigenvalue weighted by Crippen LogP contribution is -2.01. The van der Waals surface area contributed by atoms with Crippen LogP contribution in [0.5, 0.6) is 0 Å². The van der Waals surface area contributed by atoms with Crippen LogP contribution in [0.15, 0.2) is 44.8 Å². The Hall–Kier alpha value is -1.06. The van der Waals surface area contributed by atoms with E-state index in [2.05, 4.69) is 6.07 Å². The molecule has 1 aromatic heterocycles. The average molecular weight is 292 g/mol. The van der Waals surface area contributed by atoms with Crippen molar-refractivity contribution in [2.75, 3.05) is 0 Å². The highest BCUT2D eigenvalue weighted by molar-refractivity contribution is 8.01. The Kier molecular flexibility index (Phi) is 6.89. The maximum atomic E-state index is 11.9. The molecule has 1 aliphatic rings. The largest absolute Gasteiger partial charge is 0.294 e. The fourth-order valence-electron chi connectivity index (χ4n) is 1.70. The summed E-state index contributed by atoms with van der Waals surface area (Å²) in [4.78, 5) is 13.1. The van der Waals surface area contributed by atoms with Crippen LogP contribution in [-0.2, 0) is 6.42 Å². The Bertz CT molecular complexity index is 529. The second-order valence-corrected chi connectivity index (χ2v) is 5.66. The second-order valence-electron chi connectivity index (χ2n) is 3.43. The normalized spacial score (nSPS) is 11.9. The van der Waals surface area contributed by atoms with Crippen LogP contribution < -0.4 is 0 Å². The van der Waals surface area contributed by atoms with Crippen molar-refractivity contribution in [2.24, 2.45) is 0 Å². The number of carbonyl (C=O) groups excluding carboxylic acids is 1. The summed E-state index contributed by atoms with van der Waals surface area (Å²) in [5.41, 5.74) is 2.04. The predicted octanol–water partition coefficient (Wildman–Crippen LogP) is 5.69. The van der Waals surface area contributed by atoms with E-state index in [-0.39, 0.29) is 5.78 Å². The summed E-state index contributed by atoms with van der Waals surface area (Å²) < 4.78 is 1.13. The molecule has 1 aliphatic heterocycles. The minimum atomic E-state index is 0.240.